The number of carbonyl (C=O) groups excluding carboxylic acids is 2. The molecule has 0 saturated carbocycles. The molecule has 2 aromatic rings. The van der Waals surface area contributed by atoms with Gasteiger partial charge in [-0.25, -0.2) is 4.98 Å². The first-order valence-electron chi connectivity index (χ1n) is 4.69. The molecule has 1 atom stereocenters. The molecule has 3 heterocycles. The van der Waals surface area contributed by atoms with Gasteiger partial charge in [0.25, 0.3) is 5.24 Å². The highest BCUT2D eigenvalue weighted by Crippen LogP contribution is 2.33. The number of aromatic nitrogens is 2. The first-order chi connectivity index (χ1) is 7.75. The zero-order chi connectivity index (χ0) is 11.1. The van der Waals surface area contributed by atoms with Crippen LogP contribution in [0.5, 0.6) is 0 Å². The second kappa shape index (κ2) is 3.34. The van der Waals surface area contributed by atoms with Crippen LogP contribution < -0.4 is 5.32 Å². The van der Waals surface area contributed by atoms with Gasteiger partial charge in [-0.05, 0) is 23.9 Å². The van der Waals surface area contributed by atoms with Crippen molar-refractivity contribution in [2.45, 2.75) is 5.25 Å². The van der Waals surface area contributed by atoms with Gasteiger partial charge in [-0.1, -0.05) is 6.07 Å². The van der Waals surface area contributed by atoms with Crippen molar-refractivity contribution in [3.05, 3.63) is 36.4 Å². The molecule has 1 N–H and O–H groups in total. The van der Waals surface area contributed by atoms with Crippen molar-refractivity contribution >= 4 is 28.4 Å². The summed E-state index contributed by atoms with van der Waals surface area (Å²) in [7, 11) is 0. The third-order valence-electron chi connectivity index (χ3n) is 2.39. The number of fused-ring (bicyclic) bond motifs is 1. The zero-order valence-corrected chi connectivity index (χ0v) is 8.90. The van der Waals surface area contributed by atoms with E-state index in [-0.39, 0.29) is 11.1 Å². The Hall–Kier alpha value is -1.82. The maximum absolute atomic E-state index is 11.5. The van der Waals surface area contributed by atoms with Gasteiger partial charge in [-0.15, -0.1) is 0 Å². The molecule has 3 rings (SSSR count). The van der Waals surface area contributed by atoms with Gasteiger partial charge in [0.2, 0.25) is 5.91 Å². The lowest BCUT2D eigenvalue weighted by molar-refractivity contribution is -0.119. The summed E-state index contributed by atoms with van der Waals surface area (Å²) < 4.78 is 1.82. The number of carbonyl (C=O) groups is 2. The predicted octanol–water partition coefficient (Wildman–Crippen LogP) is 1.36. The number of imidazole rings is 1. The Balaban J connectivity index is 2.13. The predicted molar refractivity (Wildman–Crippen MR) is 59.1 cm³/mol. The van der Waals surface area contributed by atoms with Crippen LogP contribution in [0.15, 0.2) is 30.6 Å². The Morgan fingerprint density at radius 1 is 1.38 bits per heavy atom. The Kier molecular flexibility index (Phi) is 1.97. The van der Waals surface area contributed by atoms with Crippen LogP contribution >= 0.6 is 11.8 Å². The lowest BCUT2D eigenvalue weighted by atomic mass is 10.3. The molecule has 80 valence electrons. The SMILES string of the molecule is O=C1NC(=O)[C@@H](c2ncc3ccccn23)S1. The van der Waals surface area contributed by atoms with Crippen LogP contribution in [0.3, 0.4) is 0 Å². The smallest absolute Gasteiger partial charge is 0.286 e. The summed E-state index contributed by atoms with van der Waals surface area (Å²) in [4.78, 5) is 26.8. The fourth-order valence-electron chi connectivity index (χ4n) is 1.68. The van der Waals surface area contributed by atoms with Gasteiger partial charge in [0.05, 0.1) is 11.7 Å². The van der Waals surface area contributed by atoms with Gasteiger partial charge >= 0.3 is 0 Å². The average Bonchev–Trinajstić information content (AvgIpc) is 2.81. The second-order valence-corrected chi connectivity index (χ2v) is 4.46. The molecule has 0 aromatic carbocycles. The van der Waals surface area contributed by atoms with E-state index in [2.05, 4.69) is 10.3 Å². The van der Waals surface area contributed by atoms with Crippen molar-refractivity contribution in [3.8, 4) is 0 Å². The molecule has 16 heavy (non-hydrogen) atoms. The Morgan fingerprint density at radius 3 is 3.00 bits per heavy atom. The lowest BCUT2D eigenvalue weighted by Crippen LogP contribution is -2.21. The molecule has 0 aliphatic carbocycles. The number of imide groups is 1. The maximum Gasteiger partial charge on any atom is 0.286 e. The van der Waals surface area contributed by atoms with Crippen LogP contribution in [0.1, 0.15) is 11.1 Å². The fraction of sp³-hybridized carbons (Fsp3) is 0.100. The summed E-state index contributed by atoms with van der Waals surface area (Å²) >= 11 is 0.963. The number of hydrogen-bond donors (Lipinski definition) is 1. The molecular formula is C10H7N3O2S. The Labute approximate surface area is 94.9 Å². The Bertz CT molecular complexity index is 593. The Morgan fingerprint density at radius 2 is 2.25 bits per heavy atom. The second-order valence-electron chi connectivity index (χ2n) is 3.39. The minimum absolute atomic E-state index is 0.300. The molecule has 0 spiro atoms. The topological polar surface area (TPSA) is 63.5 Å². The van der Waals surface area contributed by atoms with E-state index in [1.54, 1.807) is 6.20 Å². The summed E-state index contributed by atoms with van der Waals surface area (Å²) in [6.07, 6.45) is 3.51. The minimum atomic E-state index is -0.544. The van der Waals surface area contributed by atoms with Crippen LogP contribution in [0.2, 0.25) is 0 Å². The lowest BCUT2D eigenvalue weighted by Gasteiger charge is -2.03. The summed E-state index contributed by atoms with van der Waals surface area (Å²) in [5, 5.41) is 1.39. The highest BCUT2D eigenvalue weighted by Gasteiger charge is 2.35. The fourth-order valence-corrected chi connectivity index (χ4v) is 2.50. The number of thioether (sulfide) groups is 1. The number of nitrogens with one attached hydrogen (secondary N) is 1. The third-order valence-corrected chi connectivity index (χ3v) is 3.37. The van der Waals surface area contributed by atoms with Gasteiger partial charge in [-0.2, -0.15) is 0 Å². The molecular weight excluding hydrogens is 226 g/mol. The largest absolute Gasteiger partial charge is 0.302 e. The molecule has 0 bridgehead atoms. The first kappa shape index (κ1) is 9.41. The molecule has 2 aromatic heterocycles. The standard InChI is InChI=1S/C10H7N3O2S/c14-9-7(16-10(15)12-9)8-11-5-6-3-1-2-4-13(6)8/h1-5,7H,(H,12,14,15)/t7-/m1/s1. The molecule has 0 radical (unpaired) electrons. The molecule has 0 unspecified atom stereocenters. The minimum Gasteiger partial charge on any atom is -0.302 e. The number of nitrogens with zero attached hydrogens (tertiary/aromatic N) is 2. The highest BCUT2D eigenvalue weighted by molar-refractivity contribution is 8.15. The van der Waals surface area contributed by atoms with Crippen molar-refractivity contribution in [2.75, 3.05) is 0 Å². The van der Waals surface area contributed by atoms with Crippen LogP contribution in [-0.2, 0) is 4.79 Å². The van der Waals surface area contributed by atoms with E-state index in [1.807, 2.05) is 28.8 Å². The van der Waals surface area contributed by atoms with E-state index >= 15 is 0 Å². The molecule has 5 nitrogen and oxygen atoms in total. The van der Waals surface area contributed by atoms with Crippen molar-refractivity contribution in [1.29, 1.82) is 0 Å². The highest BCUT2D eigenvalue weighted by atomic mass is 32.2. The van der Waals surface area contributed by atoms with Crippen LogP contribution in [0.4, 0.5) is 4.79 Å². The van der Waals surface area contributed by atoms with Gasteiger partial charge in [0, 0.05) is 6.20 Å². The maximum atomic E-state index is 11.5. The van der Waals surface area contributed by atoms with Crippen molar-refractivity contribution in [3.63, 3.8) is 0 Å². The van der Waals surface area contributed by atoms with E-state index in [1.165, 1.54) is 0 Å². The monoisotopic (exact) mass is 233 g/mol. The quantitative estimate of drug-likeness (QED) is 0.807. The molecule has 1 fully saturated rings. The summed E-state index contributed by atoms with van der Waals surface area (Å²) in [6, 6.07) is 5.65. The third kappa shape index (κ3) is 1.30. The summed E-state index contributed by atoms with van der Waals surface area (Å²) in [5.74, 6) is 0.287. The first-order valence-corrected chi connectivity index (χ1v) is 5.57. The van der Waals surface area contributed by atoms with E-state index in [4.69, 9.17) is 0 Å². The number of hydrogen-bond acceptors (Lipinski definition) is 4. The molecule has 1 saturated heterocycles. The van der Waals surface area contributed by atoms with Gasteiger partial charge < -0.3 is 4.40 Å². The zero-order valence-electron chi connectivity index (χ0n) is 8.08. The molecule has 1 aliphatic heterocycles. The van der Waals surface area contributed by atoms with Crippen LogP contribution in [0.25, 0.3) is 5.52 Å². The van der Waals surface area contributed by atoms with Crippen molar-refractivity contribution in [2.24, 2.45) is 0 Å². The van der Waals surface area contributed by atoms with E-state index in [0.29, 0.717) is 5.82 Å². The average molecular weight is 233 g/mol. The number of rotatable bonds is 1. The van der Waals surface area contributed by atoms with Crippen LogP contribution in [-0.4, -0.2) is 20.5 Å². The van der Waals surface area contributed by atoms with Gasteiger partial charge in [0.15, 0.2) is 5.25 Å². The van der Waals surface area contributed by atoms with Gasteiger partial charge in [-0.3, -0.25) is 14.9 Å². The normalized spacial score (nSPS) is 20.4. The molecule has 6 heteroatoms. The van der Waals surface area contributed by atoms with Gasteiger partial charge in [0.1, 0.15) is 5.82 Å². The number of amides is 2. The summed E-state index contributed by atoms with van der Waals surface area (Å²) in [6.45, 7) is 0. The van der Waals surface area contributed by atoms with E-state index in [0.717, 1.165) is 17.3 Å². The summed E-state index contributed by atoms with van der Waals surface area (Å²) in [5.41, 5.74) is 0.908. The van der Waals surface area contributed by atoms with Crippen LogP contribution in [0, 0.1) is 0 Å². The molecule has 1 aliphatic rings. The van der Waals surface area contributed by atoms with Crippen molar-refractivity contribution < 1.29 is 9.59 Å². The molecule has 2 amide bonds. The number of pyridine rings is 1. The van der Waals surface area contributed by atoms with E-state index < -0.39 is 5.25 Å². The van der Waals surface area contributed by atoms with E-state index in [9.17, 15) is 9.59 Å². The van der Waals surface area contributed by atoms with Crippen molar-refractivity contribution in [1.82, 2.24) is 14.7 Å².